The molecule has 0 unspecified atom stereocenters. The first-order valence-corrected chi connectivity index (χ1v) is 10.1. The third-order valence-electron chi connectivity index (χ3n) is 3.66. The van der Waals surface area contributed by atoms with Gasteiger partial charge in [-0.3, -0.25) is 10.2 Å². The second-order valence-corrected chi connectivity index (χ2v) is 8.81. The number of benzene rings is 1. The fourth-order valence-corrected chi connectivity index (χ4v) is 3.61. The van der Waals surface area contributed by atoms with Crippen LogP contribution in [0.4, 0.5) is 5.82 Å². The monoisotopic (exact) mass is 500 g/mol. The smallest absolute Gasteiger partial charge is 0.308 e. The lowest BCUT2D eigenvalue weighted by molar-refractivity contribution is 0.510. The van der Waals surface area contributed by atoms with Crippen molar-refractivity contribution in [3.63, 3.8) is 0 Å². The molecule has 4 N–H and O–H groups in total. The average molecular weight is 500 g/mol. The van der Waals surface area contributed by atoms with Gasteiger partial charge < -0.3 is 5.73 Å². The van der Waals surface area contributed by atoms with Gasteiger partial charge in [0.15, 0.2) is 5.82 Å². The van der Waals surface area contributed by atoms with Gasteiger partial charge in [-0.15, -0.1) is 0 Å². The molecule has 3 heterocycles. The van der Waals surface area contributed by atoms with E-state index < -0.39 is 10.2 Å². The number of aromatic amines is 2. The number of halogens is 1. The van der Waals surface area contributed by atoms with Crippen molar-refractivity contribution in [3.8, 4) is 11.3 Å². The van der Waals surface area contributed by atoms with Crippen molar-refractivity contribution in [3.05, 3.63) is 46.7 Å². The quantitative estimate of drug-likeness (QED) is 0.366. The largest absolute Gasteiger partial charge is 0.382 e. The van der Waals surface area contributed by atoms with E-state index in [4.69, 9.17) is 5.73 Å². The topological polar surface area (TPSA) is 139 Å². The highest BCUT2D eigenvalue weighted by molar-refractivity contribution is 14.1. The Balaban J connectivity index is 0.000000161. The van der Waals surface area contributed by atoms with Crippen molar-refractivity contribution >= 4 is 49.5 Å². The summed E-state index contributed by atoms with van der Waals surface area (Å²) in [4.78, 5) is 3.81. The highest BCUT2D eigenvalue weighted by Gasteiger charge is 2.15. The number of H-pyrrole nitrogens is 2. The van der Waals surface area contributed by atoms with Gasteiger partial charge in [0.1, 0.15) is 10.0 Å². The summed E-state index contributed by atoms with van der Waals surface area (Å²) in [5.74, 6) is 0.520. The van der Waals surface area contributed by atoms with E-state index >= 15 is 0 Å². The molecule has 1 aromatic carbocycles. The van der Waals surface area contributed by atoms with Gasteiger partial charge >= 0.3 is 10.2 Å². The van der Waals surface area contributed by atoms with Crippen molar-refractivity contribution in [2.24, 2.45) is 0 Å². The van der Waals surface area contributed by atoms with Crippen LogP contribution in [0.2, 0.25) is 0 Å². The van der Waals surface area contributed by atoms with Gasteiger partial charge in [0, 0.05) is 31.2 Å². The molecule has 0 atom stereocenters. The Kier molecular flexibility index (Phi) is 5.48. The summed E-state index contributed by atoms with van der Waals surface area (Å²) < 4.78 is 25.6. The molecule has 3 aromatic heterocycles. The number of nitrogens with one attached hydrogen (secondary N) is 2. The maximum atomic E-state index is 11.4. The number of nitrogens with two attached hydrogens (primary N) is 1. The summed E-state index contributed by atoms with van der Waals surface area (Å²) >= 11 is 1.95. The van der Waals surface area contributed by atoms with E-state index in [1.807, 2.05) is 46.9 Å². The number of fused-ring (bicyclic) bond motifs is 1. The molecule has 27 heavy (non-hydrogen) atoms. The summed E-state index contributed by atoms with van der Waals surface area (Å²) in [6.07, 6.45) is 4.45. The van der Waals surface area contributed by atoms with Gasteiger partial charge in [-0.05, 0) is 40.8 Å². The fraction of sp³-hybridized carbons (Fsp3) is 0.133. The Morgan fingerprint density at radius 3 is 2.59 bits per heavy atom. The minimum Gasteiger partial charge on any atom is -0.382 e. The minimum atomic E-state index is -3.37. The maximum Gasteiger partial charge on any atom is 0.308 e. The zero-order valence-corrected chi connectivity index (χ0v) is 17.4. The molecule has 0 aliphatic carbocycles. The van der Waals surface area contributed by atoms with Crippen LogP contribution in [0.5, 0.6) is 0 Å². The summed E-state index contributed by atoms with van der Waals surface area (Å²) in [6, 6.07) is 7.85. The Hall–Kier alpha value is -2.45. The molecule has 4 aromatic rings. The van der Waals surface area contributed by atoms with Crippen LogP contribution in [-0.2, 0) is 10.2 Å². The van der Waals surface area contributed by atoms with E-state index in [1.54, 1.807) is 6.20 Å². The third-order valence-corrected chi connectivity index (χ3v) is 5.87. The molecule has 0 amide bonds. The van der Waals surface area contributed by atoms with Crippen LogP contribution in [0.15, 0.2) is 43.0 Å². The molecule has 0 radical (unpaired) electrons. The molecular weight excluding hydrogens is 483 g/mol. The standard InChI is InChI=1S/C10H9N5.C5H8IN3O2S/c11-10-7-5-6(8-3-4-12-13-8)1-2-9(7)14-15-10;1-8(2)12(10,11)9-3-5(6)7-4-9/h1-5H,(H,12,13)(H3,11,14,15);3-4H,1-2H3. The lowest BCUT2D eigenvalue weighted by atomic mass is 10.1. The first kappa shape index (κ1) is 19.3. The van der Waals surface area contributed by atoms with E-state index in [1.165, 1.54) is 26.6 Å². The van der Waals surface area contributed by atoms with Crippen molar-refractivity contribution in [1.82, 2.24) is 33.7 Å². The lowest BCUT2D eigenvalue weighted by Crippen LogP contribution is -2.27. The Morgan fingerprint density at radius 2 is 2.00 bits per heavy atom. The highest BCUT2D eigenvalue weighted by Crippen LogP contribution is 2.24. The predicted molar refractivity (Wildman–Crippen MR) is 111 cm³/mol. The Morgan fingerprint density at radius 1 is 1.22 bits per heavy atom. The second kappa shape index (κ2) is 7.66. The van der Waals surface area contributed by atoms with Crippen LogP contribution in [0.25, 0.3) is 22.2 Å². The molecule has 10 nitrogen and oxygen atoms in total. The predicted octanol–water partition coefficient (Wildman–Crippen LogP) is 1.68. The van der Waals surface area contributed by atoms with Crippen LogP contribution in [-0.4, -0.2) is 56.2 Å². The number of imidazole rings is 1. The number of nitrogens with zero attached hydrogens (tertiary/aromatic N) is 5. The zero-order valence-electron chi connectivity index (χ0n) is 14.5. The molecule has 12 heteroatoms. The number of hydrogen-bond acceptors (Lipinski definition) is 6. The molecule has 142 valence electrons. The number of nitrogen functional groups attached to an aromatic ring is 1. The van der Waals surface area contributed by atoms with Crippen molar-refractivity contribution in [2.45, 2.75) is 0 Å². The van der Waals surface area contributed by atoms with Gasteiger partial charge in [-0.2, -0.15) is 22.9 Å². The summed E-state index contributed by atoms with van der Waals surface area (Å²) in [6.45, 7) is 0. The molecule has 0 aliphatic heterocycles. The third kappa shape index (κ3) is 4.12. The van der Waals surface area contributed by atoms with E-state index in [-0.39, 0.29) is 0 Å². The van der Waals surface area contributed by atoms with Gasteiger partial charge in [-0.1, -0.05) is 6.07 Å². The molecule has 4 rings (SSSR count). The van der Waals surface area contributed by atoms with Crippen molar-refractivity contribution in [1.29, 1.82) is 0 Å². The summed E-state index contributed by atoms with van der Waals surface area (Å²) in [7, 11) is -0.425. The second-order valence-electron chi connectivity index (χ2n) is 5.66. The summed E-state index contributed by atoms with van der Waals surface area (Å²) in [5.41, 5.74) is 8.69. The SMILES string of the molecule is CN(C)S(=O)(=O)n1cnc(I)c1.Nc1n[nH]c2ccc(-c3ccn[nH]3)cc12. The number of aromatic nitrogens is 6. The molecule has 0 fully saturated rings. The molecule has 0 aliphatic rings. The molecule has 0 saturated heterocycles. The van der Waals surface area contributed by atoms with Gasteiger partial charge in [0.2, 0.25) is 0 Å². The van der Waals surface area contributed by atoms with Gasteiger partial charge in [-0.25, -0.2) is 8.96 Å². The van der Waals surface area contributed by atoms with Crippen LogP contribution in [0.1, 0.15) is 0 Å². The first-order valence-electron chi connectivity index (χ1n) is 7.65. The van der Waals surface area contributed by atoms with Crippen LogP contribution in [0, 0.1) is 3.70 Å². The molecule has 0 bridgehead atoms. The van der Waals surface area contributed by atoms with Gasteiger partial charge in [0.25, 0.3) is 0 Å². The Bertz CT molecular complexity index is 1150. The first-order chi connectivity index (χ1) is 12.8. The fourth-order valence-electron chi connectivity index (χ4n) is 2.22. The normalized spacial score (nSPS) is 11.6. The molecular formula is C15H17IN8O2S. The van der Waals surface area contributed by atoms with Crippen molar-refractivity contribution < 1.29 is 8.42 Å². The van der Waals surface area contributed by atoms with Crippen LogP contribution in [0.3, 0.4) is 0 Å². The summed E-state index contributed by atoms with van der Waals surface area (Å²) in [5, 5.41) is 14.6. The number of hydrogen-bond donors (Lipinski definition) is 3. The molecule has 0 spiro atoms. The van der Waals surface area contributed by atoms with E-state index in [9.17, 15) is 8.42 Å². The molecule has 0 saturated carbocycles. The van der Waals surface area contributed by atoms with Crippen LogP contribution >= 0.6 is 22.6 Å². The zero-order chi connectivity index (χ0) is 19.6. The Labute approximate surface area is 169 Å². The maximum absolute atomic E-state index is 11.4. The van der Waals surface area contributed by atoms with E-state index in [0.717, 1.165) is 30.4 Å². The lowest BCUT2D eigenvalue weighted by Gasteiger charge is -2.10. The minimum absolute atomic E-state index is 0.520. The van der Waals surface area contributed by atoms with Gasteiger partial charge in [0.05, 0.1) is 17.4 Å². The number of anilines is 1. The van der Waals surface area contributed by atoms with E-state index in [0.29, 0.717) is 9.52 Å². The number of rotatable bonds is 3. The highest BCUT2D eigenvalue weighted by atomic mass is 127. The average Bonchev–Trinajstić information content (AvgIpc) is 3.37. The van der Waals surface area contributed by atoms with E-state index in [2.05, 4.69) is 25.4 Å². The van der Waals surface area contributed by atoms with Crippen molar-refractivity contribution in [2.75, 3.05) is 19.8 Å². The van der Waals surface area contributed by atoms with Crippen LogP contribution < -0.4 is 5.73 Å².